The van der Waals surface area contributed by atoms with Crippen LogP contribution in [0.15, 0.2) is 30.3 Å². The van der Waals surface area contributed by atoms with E-state index in [4.69, 9.17) is 9.84 Å². The average Bonchev–Trinajstić information content (AvgIpc) is 2.47. The molecule has 1 atom stereocenters. The molecular weight excluding hydrogens is 270 g/mol. The number of benzene rings is 1. The molecule has 5 heteroatoms. The molecule has 1 amide bonds. The van der Waals surface area contributed by atoms with Crippen molar-refractivity contribution in [2.75, 3.05) is 13.2 Å². The van der Waals surface area contributed by atoms with E-state index in [0.29, 0.717) is 19.6 Å². The van der Waals surface area contributed by atoms with Gasteiger partial charge in [-0.1, -0.05) is 43.7 Å². The first-order chi connectivity index (χ1) is 10.1. The second-order valence-corrected chi connectivity index (χ2v) is 4.91. The van der Waals surface area contributed by atoms with Gasteiger partial charge in [0.2, 0.25) is 0 Å². The predicted molar refractivity (Wildman–Crippen MR) is 80.3 cm³/mol. The van der Waals surface area contributed by atoms with Crippen molar-refractivity contribution in [2.24, 2.45) is 0 Å². The van der Waals surface area contributed by atoms with Crippen LogP contribution in [-0.4, -0.2) is 30.3 Å². The van der Waals surface area contributed by atoms with Crippen molar-refractivity contribution in [1.82, 2.24) is 5.32 Å². The lowest BCUT2D eigenvalue weighted by atomic mass is 9.92. The van der Waals surface area contributed by atoms with Gasteiger partial charge in [0, 0.05) is 6.54 Å². The molecule has 0 saturated heterocycles. The normalized spacial score (nSPS) is 11.7. The Morgan fingerprint density at radius 1 is 1.29 bits per heavy atom. The third-order valence-corrected chi connectivity index (χ3v) is 3.19. The van der Waals surface area contributed by atoms with E-state index >= 15 is 0 Å². The standard InChI is InChI=1S/C16H23NO4/c1-2-3-11-21-16(20)17-10-9-14(12-15(18)19)13-7-5-4-6-8-13/h4-8,14H,2-3,9-12H2,1H3,(H,17,20)(H,18,19). The molecule has 116 valence electrons. The first-order valence-electron chi connectivity index (χ1n) is 7.30. The number of unbranched alkanes of at least 4 members (excludes halogenated alkanes) is 1. The average molecular weight is 293 g/mol. The minimum atomic E-state index is -0.839. The summed E-state index contributed by atoms with van der Waals surface area (Å²) in [5.41, 5.74) is 0.973. The summed E-state index contributed by atoms with van der Waals surface area (Å²) in [5, 5.41) is 11.6. The highest BCUT2D eigenvalue weighted by Gasteiger charge is 2.15. The summed E-state index contributed by atoms with van der Waals surface area (Å²) in [6.07, 6.45) is 2.00. The van der Waals surface area contributed by atoms with Gasteiger partial charge >= 0.3 is 12.1 Å². The maximum Gasteiger partial charge on any atom is 0.407 e. The van der Waals surface area contributed by atoms with Gasteiger partial charge in [-0.3, -0.25) is 4.79 Å². The topological polar surface area (TPSA) is 75.6 Å². The summed E-state index contributed by atoms with van der Waals surface area (Å²) in [6.45, 7) is 2.84. The fourth-order valence-corrected chi connectivity index (χ4v) is 2.03. The number of carboxylic acids is 1. The molecule has 0 fully saturated rings. The van der Waals surface area contributed by atoms with Crippen LogP contribution in [0.2, 0.25) is 0 Å². The predicted octanol–water partition coefficient (Wildman–Crippen LogP) is 3.16. The number of alkyl carbamates (subject to hydrolysis) is 1. The third kappa shape index (κ3) is 7.34. The summed E-state index contributed by atoms with van der Waals surface area (Å²) >= 11 is 0. The van der Waals surface area contributed by atoms with Crippen LogP contribution in [0, 0.1) is 0 Å². The Labute approximate surface area is 125 Å². The van der Waals surface area contributed by atoms with E-state index in [-0.39, 0.29) is 12.3 Å². The van der Waals surface area contributed by atoms with Crippen molar-refractivity contribution in [3.05, 3.63) is 35.9 Å². The molecule has 0 spiro atoms. The first kappa shape index (κ1) is 17.0. The minimum Gasteiger partial charge on any atom is -0.481 e. The SMILES string of the molecule is CCCCOC(=O)NCCC(CC(=O)O)c1ccccc1. The van der Waals surface area contributed by atoms with Gasteiger partial charge in [0.15, 0.2) is 0 Å². The monoisotopic (exact) mass is 293 g/mol. The molecular formula is C16H23NO4. The molecule has 0 saturated carbocycles. The van der Waals surface area contributed by atoms with E-state index in [2.05, 4.69) is 5.32 Å². The molecule has 1 unspecified atom stereocenters. The van der Waals surface area contributed by atoms with E-state index in [1.165, 1.54) is 0 Å². The fraction of sp³-hybridized carbons (Fsp3) is 0.500. The minimum absolute atomic E-state index is 0.0522. The van der Waals surface area contributed by atoms with Crippen LogP contribution in [0.4, 0.5) is 4.79 Å². The quantitative estimate of drug-likeness (QED) is 0.686. The van der Waals surface area contributed by atoms with Crippen molar-refractivity contribution >= 4 is 12.1 Å². The number of nitrogens with one attached hydrogen (secondary N) is 1. The Morgan fingerprint density at radius 2 is 2.00 bits per heavy atom. The molecule has 0 heterocycles. The van der Waals surface area contributed by atoms with Gasteiger partial charge in [-0.15, -0.1) is 0 Å². The number of hydrogen-bond acceptors (Lipinski definition) is 3. The largest absolute Gasteiger partial charge is 0.481 e. The number of ether oxygens (including phenoxy) is 1. The summed E-state index contributed by atoms with van der Waals surface area (Å²) < 4.78 is 4.98. The maximum absolute atomic E-state index is 11.4. The summed E-state index contributed by atoms with van der Waals surface area (Å²) in [4.78, 5) is 22.4. The highest BCUT2D eigenvalue weighted by molar-refractivity contribution is 5.68. The summed E-state index contributed by atoms with van der Waals surface area (Å²) in [6, 6.07) is 9.48. The molecule has 0 aliphatic heterocycles. The summed E-state index contributed by atoms with van der Waals surface area (Å²) in [5.74, 6) is -0.950. The smallest absolute Gasteiger partial charge is 0.407 e. The summed E-state index contributed by atoms with van der Waals surface area (Å²) in [7, 11) is 0. The van der Waals surface area contributed by atoms with Crippen molar-refractivity contribution in [3.63, 3.8) is 0 Å². The van der Waals surface area contributed by atoms with E-state index in [1.54, 1.807) is 0 Å². The molecule has 1 aromatic carbocycles. The molecule has 5 nitrogen and oxygen atoms in total. The molecule has 21 heavy (non-hydrogen) atoms. The zero-order valence-electron chi connectivity index (χ0n) is 12.4. The number of amides is 1. The van der Waals surface area contributed by atoms with Crippen LogP contribution in [0.3, 0.4) is 0 Å². The van der Waals surface area contributed by atoms with E-state index in [9.17, 15) is 9.59 Å². The third-order valence-electron chi connectivity index (χ3n) is 3.19. The zero-order valence-corrected chi connectivity index (χ0v) is 12.4. The number of carbonyl (C=O) groups is 2. The van der Waals surface area contributed by atoms with E-state index in [0.717, 1.165) is 18.4 Å². The highest BCUT2D eigenvalue weighted by atomic mass is 16.5. The lowest BCUT2D eigenvalue weighted by molar-refractivity contribution is -0.137. The lowest BCUT2D eigenvalue weighted by Gasteiger charge is -2.15. The van der Waals surface area contributed by atoms with Gasteiger partial charge in [0.25, 0.3) is 0 Å². The Kier molecular flexibility index (Phi) is 7.94. The van der Waals surface area contributed by atoms with Gasteiger partial charge in [-0.25, -0.2) is 4.79 Å². The number of aliphatic carboxylic acids is 1. The highest BCUT2D eigenvalue weighted by Crippen LogP contribution is 2.22. The maximum atomic E-state index is 11.4. The molecule has 0 aromatic heterocycles. The Balaban J connectivity index is 2.40. The van der Waals surface area contributed by atoms with Gasteiger partial charge in [-0.05, 0) is 24.3 Å². The van der Waals surface area contributed by atoms with Crippen molar-refractivity contribution in [3.8, 4) is 0 Å². The molecule has 1 rings (SSSR count). The van der Waals surface area contributed by atoms with Gasteiger partial charge in [0.1, 0.15) is 0 Å². The number of carbonyl (C=O) groups excluding carboxylic acids is 1. The van der Waals surface area contributed by atoms with Gasteiger partial charge < -0.3 is 15.2 Å². The van der Waals surface area contributed by atoms with Crippen LogP contribution < -0.4 is 5.32 Å². The Hall–Kier alpha value is -2.04. The van der Waals surface area contributed by atoms with E-state index < -0.39 is 12.1 Å². The van der Waals surface area contributed by atoms with Gasteiger partial charge in [0.05, 0.1) is 13.0 Å². The molecule has 2 N–H and O–H groups in total. The van der Waals surface area contributed by atoms with Crippen LogP contribution >= 0.6 is 0 Å². The molecule has 0 bridgehead atoms. The number of carboxylic acid groups (broad SMARTS) is 1. The molecule has 0 aliphatic rings. The Morgan fingerprint density at radius 3 is 2.62 bits per heavy atom. The van der Waals surface area contributed by atoms with Crippen LogP contribution in [0.25, 0.3) is 0 Å². The first-order valence-corrected chi connectivity index (χ1v) is 7.30. The number of rotatable bonds is 9. The molecule has 0 radical (unpaired) electrons. The van der Waals surface area contributed by atoms with Crippen molar-refractivity contribution < 1.29 is 19.4 Å². The molecule has 0 aliphatic carbocycles. The second-order valence-electron chi connectivity index (χ2n) is 4.91. The Bertz CT molecular complexity index is 433. The number of hydrogen-bond donors (Lipinski definition) is 2. The van der Waals surface area contributed by atoms with Gasteiger partial charge in [-0.2, -0.15) is 0 Å². The van der Waals surface area contributed by atoms with Crippen molar-refractivity contribution in [2.45, 2.75) is 38.5 Å². The second kappa shape index (κ2) is 9.80. The van der Waals surface area contributed by atoms with Crippen molar-refractivity contribution in [1.29, 1.82) is 0 Å². The lowest BCUT2D eigenvalue weighted by Crippen LogP contribution is -2.27. The van der Waals surface area contributed by atoms with E-state index in [1.807, 2.05) is 37.3 Å². The fourth-order valence-electron chi connectivity index (χ4n) is 2.03. The zero-order chi connectivity index (χ0) is 15.5. The van der Waals surface area contributed by atoms with Crippen LogP contribution in [0.1, 0.15) is 44.1 Å². The van der Waals surface area contributed by atoms with Crippen LogP contribution in [-0.2, 0) is 9.53 Å². The van der Waals surface area contributed by atoms with Crippen LogP contribution in [0.5, 0.6) is 0 Å². The molecule has 1 aromatic rings.